The van der Waals surface area contributed by atoms with E-state index in [1.54, 1.807) is 0 Å². The molecule has 3 atom stereocenters. The van der Waals surface area contributed by atoms with Gasteiger partial charge in [-0.1, -0.05) is 18.7 Å². The van der Waals surface area contributed by atoms with Crippen LogP contribution in [0.4, 0.5) is 0 Å². The van der Waals surface area contributed by atoms with Gasteiger partial charge < -0.3 is 9.47 Å². The molecule has 1 aliphatic carbocycles. The summed E-state index contributed by atoms with van der Waals surface area (Å²) in [5.41, 5.74) is 1.04. The van der Waals surface area contributed by atoms with E-state index in [0.29, 0.717) is 12.0 Å². The lowest BCUT2D eigenvalue weighted by atomic mass is 9.88. The summed E-state index contributed by atoms with van der Waals surface area (Å²) in [6.45, 7) is 4.86. The smallest absolute Gasteiger partial charge is 0.124 e. The van der Waals surface area contributed by atoms with E-state index in [1.165, 1.54) is 12.8 Å². The average Bonchev–Trinajstić information content (AvgIpc) is 2.81. The number of allylic oxidation sites excluding steroid dienone is 4. The molecule has 0 radical (unpaired) electrons. The Bertz CT molecular complexity index is 348. The van der Waals surface area contributed by atoms with Crippen LogP contribution in [0, 0.1) is 5.92 Å². The van der Waals surface area contributed by atoms with Crippen LogP contribution < -0.4 is 0 Å². The third-order valence-corrected chi connectivity index (χ3v) is 3.66. The SMILES string of the molecule is C=C1C=CC2CCC(C3CCCO3)OC2=C1. The number of hydrogen-bond donors (Lipinski definition) is 0. The maximum absolute atomic E-state index is 6.07. The maximum Gasteiger partial charge on any atom is 0.124 e. The Morgan fingerprint density at radius 2 is 2.12 bits per heavy atom. The van der Waals surface area contributed by atoms with E-state index in [0.717, 1.165) is 30.8 Å². The molecule has 0 spiro atoms. The van der Waals surface area contributed by atoms with E-state index >= 15 is 0 Å². The highest BCUT2D eigenvalue weighted by atomic mass is 16.5. The molecule has 0 aromatic rings. The Balaban J connectivity index is 1.71. The maximum atomic E-state index is 6.07. The van der Waals surface area contributed by atoms with Crippen molar-refractivity contribution >= 4 is 0 Å². The molecule has 0 N–H and O–H groups in total. The number of fused-ring (bicyclic) bond motifs is 1. The van der Waals surface area contributed by atoms with Gasteiger partial charge in [0.05, 0.1) is 6.10 Å². The fourth-order valence-corrected chi connectivity index (χ4v) is 2.77. The summed E-state index contributed by atoms with van der Waals surface area (Å²) >= 11 is 0. The van der Waals surface area contributed by atoms with Crippen molar-refractivity contribution in [3.8, 4) is 0 Å². The molecule has 86 valence electrons. The predicted octanol–water partition coefficient (Wildman–Crippen LogP) is 2.97. The van der Waals surface area contributed by atoms with Gasteiger partial charge in [0, 0.05) is 12.5 Å². The van der Waals surface area contributed by atoms with Gasteiger partial charge in [0.15, 0.2) is 0 Å². The highest BCUT2D eigenvalue weighted by Crippen LogP contribution is 2.36. The monoisotopic (exact) mass is 218 g/mol. The van der Waals surface area contributed by atoms with Crippen LogP contribution in [0.2, 0.25) is 0 Å². The first kappa shape index (κ1) is 10.2. The van der Waals surface area contributed by atoms with Crippen LogP contribution in [0.3, 0.4) is 0 Å². The number of hydrogen-bond acceptors (Lipinski definition) is 2. The molecule has 3 rings (SSSR count). The largest absolute Gasteiger partial charge is 0.491 e. The fourth-order valence-electron chi connectivity index (χ4n) is 2.77. The quantitative estimate of drug-likeness (QED) is 0.673. The summed E-state index contributed by atoms with van der Waals surface area (Å²) in [6, 6.07) is 0. The van der Waals surface area contributed by atoms with Gasteiger partial charge in [0.25, 0.3) is 0 Å². The normalized spacial score (nSPS) is 37.9. The van der Waals surface area contributed by atoms with Gasteiger partial charge >= 0.3 is 0 Å². The van der Waals surface area contributed by atoms with E-state index in [2.05, 4.69) is 24.8 Å². The molecule has 2 fully saturated rings. The second-order valence-corrected chi connectivity index (χ2v) is 4.87. The fraction of sp³-hybridized carbons (Fsp3) is 0.571. The Kier molecular flexibility index (Phi) is 2.60. The lowest BCUT2D eigenvalue weighted by Crippen LogP contribution is -2.34. The molecule has 2 nitrogen and oxygen atoms in total. The van der Waals surface area contributed by atoms with Crippen molar-refractivity contribution in [3.05, 3.63) is 36.1 Å². The average molecular weight is 218 g/mol. The highest BCUT2D eigenvalue weighted by molar-refractivity contribution is 5.36. The van der Waals surface area contributed by atoms with E-state index < -0.39 is 0 Å². The molecular weight excluding hydrogens is 200 g/mol. The van der Waals surface area contributed by atoms with E-state index in [9.17, 15) is 0 Å². The van der Waals surface area contributed by atoms with Crippen molar-refractivity contribution in [2.24, 2.45) is 5.92 Å². The van der Waals surface area contributed by atoms with Crippen LogP contribution in [0.25, 0.3) is 0 Å². The van der Waals surface area contributed by atoms with Gasteiger partial charge in [-0.15, -0.1) is 0 Å². The van der Waals surface area contributed by atoms with Crippen LogP contribution in [0.1, 0.15) is 25.7 Å². The standard InChI is InChI=1S/C14H18O2/c1-10-4-5-11-6-7-13(16-14(11)9-10)12-3-2-8-15-12/h4-5,9,11-13H,1-3,6-8H2. The molecule has 3 aliphatic rings. The summed E-state index contributed by atoms with van der Waals surface area (Å²) in [5, 5.41) is 0. The highest BCUT2D eigenvalue weighted by Gasteiger charge is 2.34. The van der Waals surface area contributed by atoms with Gasteiger partial charge in [0.2, 0.25) is 0 Å². The van der Waals surface area contributed by atoms with E-state index in [4.69, 9.17) is 9.47 Å². The summed E-state index contributed by atoms with van der Waals surface area (Å²) in [6.07, 6.45) is 11.6. The number of ether oxygens (including phenoxy) is 2. The van der Waals surface area contributed by atoms with Crippen LogP contribution in [-0.4, -0.2) is 18.8 Å². The van der Waals surface area contributed by atoms with Crippen LogP contribution in [-0.2, 0) is 9.47 Å². The third-order valence-electron chi connectivity index (χ3n) is 3.66. The molecule has 2 heteroatoms. The molecule has 3 unspecified atom stereocenters. The van der Waals surface area contributed by atoms with E-state index in [-0.39, 0.29) is 6.10 Å². The third kappa shape index (κ3) is 1.82. The first-order chi connectivity index (χ1) is 7.83. The molecule has 0 saturated carbocycles. The van der Waals surface area contributed by atoms with Gasteiger partial charge in [-0.05, 0) is 37.3 Å². The Hall–Kier alpha value is -1.02. The Morgan fingerprint density at radius 3 is 2.94 bits per heavy atom. The minimum Gasteiger partial charge on any atom is -0.491 e. The first-order valence-electron chi connectivity index (χ1n) is 6.20. The van der Waals surface area contributed by atoms with Crippen molar-refractivity contribution in [1.82, 2.24) is 0 Å². The van der Waals surface area contributed by atoms with Crippen molar-refractivity contribution in [2.75, 3.05) is 6.61 Å². The zero-order valence-corrected chi connectivity index (χ0v) is 9.52. The second-order valence-electron chi connectivity index (χ2n) is 4.87. The molecule has 16 heavy (non-hydrogen) atoms. The van der Waals surface area contributed by atoms with Crippen molar-refractivity contribution in [1.29, 1.82) is 0 Å². The summed E-state index contributed by atoms with van der Waals surface area (Å²) < 4.78 is 11.8. The van der Waals surface area contributed by atoms with Gasteiger partial charge in [-0.3, -0.25) is 0 Å². The van der Waals surface area contributed by atoms with E-state index in [1.807, 2.05) is 0 Å². The van der Waals surface area contributed by atoms with Crippen molar-refractivity contribution in [3.63, 3.8) is 0 Å². The lowest BCUT2D eigenvalue weighted by Gasteiger charge is -2.35. The Labute approximate surface area is 96.6 Å². The molecule has 2 aliphatic heterocycles. The van der Waals surface area contributed by atoms with Gasteiger partial charge in [-0.25, -0.2) is 0 Å². The summed E-state index contributed by atoms with van der Waals surface area (Å²) in [5.74, 6) is 1.57. The zero-order chi connectivity index (χ0) is 11.0. The lowest BCUT2D eigenvalue weighted by molar-refractivity contribution is -0.0474. The Morgan fingerprint density at radius 1 is 1.19 bits per heavy atom. The van der Waals surface area contributed by atoms with Crippen LogP contribution in [0.15, 0.2) is 36.1 Å². The minimum absolute atomic E-state index is 0.268. The first-order valence-corrected chi connectivity index (χ1v) is 6.20. The number of rotatable bonds is 1. The second kappa shape index (κ2) is 4.10. The summed E-state index contributed by atoms with van der Waals surface area (Å²) in [7, 11) is 0. The molecule has 2 saturated heterocycles. The van der Waals surface area contributed by atoms with Gasteiger partial charge in [-0.2, -0.15) is 0 Å². The minimum atomic E-state index is 0.268. The molecule has 0 amide bonds. The van der Waals surface area contributed by atoms with Crippen LogP contribution in [0.5, 0.6) is 0 Å². The van der Waals surface area contributed by atoms with Crippen LogP contribution >= 0.6 is 0 Å². The summed E-state index contributed by atoms with van der Waals surface area (Å²) in [4.78, 5) is 0. The topological polar surface area (TPSA) is 18.5 Å². The molecule has 0 aromatic heterocycles. The predicted molar refractivity (Wildman–Crippen MR) is 62.9 cm³/mol. The zero-order valence-electron chi connectivity index (χ0n) is 9.52. The molecular formula is C14H18O2. The van der Waals surface area contributed by atoms with Crippen molar-refractivity contribution < 1.29 is 9.47 Å². The molecule has 0 bridgehead atoms. The molecule has 2 heterocycles. The van der Waals surface area contributed by atoms with Gasteiger partial charge in [0.1, 0.15) is 11.9 Å². The van der Waals surface area contributed by atoms with Crippen molar-refractivity contribution in [2.45, 2.75) is 37.9 Å². The molecule has 0 aromatic carbocycles.